The van der Waals surface area contributed by atoms with Crippen molar-refractivity contribution in [3.8, 4) is 0 Å². The lowest BCUT2D eigenvalue weighted by Gasteiger charge is -2.21. The van der Waals surface area contributed by atoms with Crippen LogP contribution in [0.15, 0.2) is 21.7 Å². The Bertz CT molecular complexity index is 566. The molecule has 1 aromatic heterocycles. The topological polar surface area (TPSA) is 81.9 Å². The van der Waals surface area contributed by atoms with E-state index >= 15 is 0 Å². The summed E-state index contributed by atoms with van der Waals surface area (Å²) in [6.45, 7) is 13.1. The van der Waals surface area contributed by atoms with Crippen molar-refractivity contribution < 1.29 is 9.21 Å². The van der Waals surface area contributed by atoms with Crippen LogP contribution in [-0.4, -0.2) is 62.6 Å². The van der Waals surface area contributed by atoms with Gasteiger partial charge < -0.3 is 25.3 Å². The number of furan rings is 1. The molecular weight excluding hydrogens is 342 g/mol. The summed E-state index contributed by atoms with van der Waals surface area (Å²) in [6.07, 6.45) is 4.62. The highest BCUT2D eigenvalue weighted by molar-refractivity contribution is 5.92. The number of nitrogens with zero attached hydrogens (tertiary/aromatic N) is 2. The maximum atomic E-state index is 12.0. The third-order valence-electron chi connectivity index (χ3n) is 4.61. The van der Waals surface area contributed by atoms with E-state index in [0.29, 0.717) is 18.3 Å². The normalized spacial score (nSPS) is 12.9. The minimum atomic E-state index is -0.165. The molecule has 0 radical (unpaired) electrons. The average molecular weight is 380 g/mol. The number of hydrogen-bond donors (Lipinski definition) is 3. The van der Waals surface area contributed by atoms with E-state index in [2.05, 4.69) is 46.6 Å². The molecule has 154 valence electrons. The van der Waals surface area contributed by atoms with Crippen molar-refractivity contribution in [2.75, 3.05) is 39.8 Å². The molecule has 1 rings (SSSR count). The van der Waals surface area contributed by atoms with E-state index in [1.165, 1.54) is 12.7 Å². The zero-order valence-electron chi connectivity index (χ0n) is 17.6. The summed E-state index contributed by atoms with van der Waals surface area (Å²) in [6, 6.07) is 2.16. The van der Waals surface area contributed by atoms with Gasteiger partial charge in [0, 0.05) is 31.7 Å². The van der Waals surface area contributed by atoms with Crippen LogP contribution >= 0.6 is 0 Å². The van der Waals surface area contributed by atoms with Crippen LogP contribution in [0, 0.1) is 6.92 Å². The van der Waals surface area contributed by atoms with E-state index in [0.717, 1.165) is 50.5 Å². The maximum Gasteiger partial charge on any atom is 0.287 e. The van der Waals surface area contributed by atoms with Gasteiger partial charge in [-0.25, -0.2) is 0 Å². The number of amides is 1. The minimum absolute atomic E-state index is 0.165. The van der Waals surface area contributed by atoms with E-state index in [4.69, 9.17) is 4.42 Å². The number of carbonyl (C=O) groups excluding carboxylic acids is 1. The molecule has 0 fully saturated rings. The number of rotatable bonds is 12. The van der Waals surface area contributed by atoms with Gasteiger partial charge in [-0.05, 0) is 58.8 Å². The molecule has 0 aliphatic heterocycles. The van der Waals surface area contributed by atoms with Gasteiger partial charge in [0.25, 0.3) is 5.91 Å². The van der Waals surface area contributed by atoms with Crippen LogP contribution in [0.25, 0.3) is 0 Å². The lowest BCUT2D eigenvalue weighted by molar-refractivity contribution is 0.0925. The molecule has 0 bridgehead atoms. The summed E-state index contributed by atoms with van der Waals surface area (Å²) in [4.78, 5) is 18.7. The summed E-state index contributed by atoms with van der Waals surface area (Å²) in [5.41, 5.74) is 0.852. The summed E-state index contributed by atoms with van der Waals surface area (Å²) in [5.74, 6) is 1.03. The van der Waals surface area contributed by atoms with E-state index < -0.39 is 0 Å². The van der Waals surface area contributed by atoms with Crippen molar-refractivity contribution in [2.45, 2.75) is 53.0 Å². The molecule has 1 aromatic rings. The summed E-state index contributed by atoms with van der Waals surface area (Å²) in [5, 5.41) is 9.59. The predicted molar refractivity (Wildman–Crippen MR) is 111 cm³/mol. The van der Waals surface area contributed by atoms with Crippen LogP contribution in [0.2, 0.25) is 0 Å². The molecule has 7 heteroatoms. The molecule has 1 heterocycles. The Hall–Kier alpha value is -2.02. The van der Waals surface area contributed by atoms with Crippen molar-refractivity contribution >= 4 is 11.9 Å². The number of hydrogen-bond acceptors (Lipinski definition) is 4. The first-order valence-electron chi connectivity index (χ1n) is 10.0. The van der Waals surface area contributed by atoms with Gasteiger partial charge in [0.2, 0.25) is 0 Å². The van der Waals surface area contributed by atoms with E-state index in [-0.39, 0.29) is 5.91 Å². The van der Waals surface area contributed by atoms with Crippen molar-refractivity contribution in [1.82, 2.24) is 20.9 Å². The number of guanidine groups is 1. The fraction of sp³-hybridized carbons (Fsp3) is 0.700. The molecule has 7 nitrogen and oxygen atoms in total. The Morgan fingerprint density at radius 2 is 1.93 bits per heavy atom. The molecule has 0 saturated heterocycles. The zero-order chi connectivity index (χ0) is 20.1. The van der Waals surface area contributed by atoms with Crippen molar-refractivity contribution in [3.63, 3.8) is 0 Å². The predicted octanol–water partition coefficient (Wildman–Crippen LogP) is 2.38. The van der Waals surface area contributed by atoms with Gasteiger partial charge in [-0.1, -0.05) is 13.8 Å². The lowest BCUT2D eigenvalue weighted by atomic mass is 10.2. The average Bonchev–Trinajstić information content (AvgIpc) is 3.09. The highest BCUT2D eigenvalue weighted by Crippen LogP contribution is 2.07. The number of carbonyl (C=O) groups is 1. The highest BCUT2D eigenvalue weighted by atomic mass is 16.3. The van der Waals surface area contributed by atoms with Crippen LogP contribution in [0.1, 0.15) is 56.2 Å². The fourth-order valence-electron chi connectivity index (χ4n) is 2.84. The molecule has 0 aliphatic carbocycles. The lowest BCUT2D eigenvalue weighted by Crippen LogP contribution is -2.43. The Morgan fingerprint density at radius 3 is 2.52 bits per heavy atom. The van der Waals surface area contributed by atoms with Gasteiger partial charge in [0.15, 0.2) is 11.7 Å². The van der Waals surface area contributed by atoms with Gasteiger partial charge in [0.05, 0.1) is 6.26 Å². The Balaban J connectivity index is 2.17. The van der Waals surface area contributed by atoms with Crippen LogP contribution in [0.5, 0.6) is 0 Å². The van der Waals surface area contributed by atoms with E-state index in [9.17, 15) is 4.79 Å². The monoisotopic (exact) mass is 379 g/mol. The summed E-state index contributed by atoms with van der Waals surface area (Å²) < 4.78 is 5.18. The Labute approximate surface area is 164 Å². The SMILES string of the molecule is CCN(CC)CCCC(C)NC(=NC)NCCCNC(=O)c1occc1C. The molecule has 3 N–H and O–H groups in total. The molecule has 0 aromatic carbocycles. The highest BCUT2D eigenvalue weighted by Gasteiger charge is 2.11. The molecule has 0 aliphatic rings. The maximum absolute atomic E-state index is 12.0. The number of nitrogens with one attached hydrogen (secondary N) is 3. The minimum Gasteiger partial charge on any atom is -0.459 e. The second-order valence-electron chi connectivity index (χ2n) is 6.76. The molecule has 0 saturated carbocycles. The van der Waals surface area contributed by atoms with E-state index in [1.54, 1.807) is 13.1 Å². The van der Waals surface area contributed by atoms with Gasteiger partial charge in [-0.15, -0.1) is 0 Å². The fourth-order valence-corrected chi connectivity index (χ4v) is 2.84. The second-order valence-corrected chi connectivity index (χ2v) is 6.76. The summed E-state index contributed by atoms with van der Waals surface area (Å²) >= 11 is 0. The van der Waals surface area contributed by atoms with Crippen molar-refractivity contribution in [3.05, 3.63) is 23.7 Å². The zero-order valence-corrected chi connectivity index (χ0v) is 17.6. The second kappa shape index (κ2) is 13.2. The molecule has 27 heavy (non-hydrogen) atoms. The third kappa shape index (κ3) is 8.95. The molecule has 1 amide bonds. The standard InChI is InChI=1S/C20H37N5O2/c1-6-25(7-2)14-8-10-17(4)24-20(21-5)23-13-9-12-22-19(26)18-16(3)11-15-27-18/h11,15,17H,6-10,12-14H2,1-5H3,(H,22,26)(H2,21,23,24). The quantitative estimate of drug-likeness (QED) is 0.295. The van der Waals surface area contributed by atoms with Gasteiger partial charge in [0.1, 0.15) is 0 Å². The summed E-state index contributed by atoms with van der Waals surface area (Å²) in [7, 11) is 1.78. The van der Waals surface area contributed by atoms with Gasteiger partial charge in [-0.3, -0.25) is 9.79 Å². The Kier molecular flexibility index (Phi) is 11.2. The van der Waals surface area contributed by atoms with Gasteiger partial charge in [-0.2, -0.15) is 0 Å². The molecular formula is C20H37N5O2. The number of aryl methyl sites for hydroxylation is 1. The molecule has 1 atom stereocenters. The van der Waals surface area contributed by atoms with Crippen LogP contribution in [0.4, 0.5) is 0 Å². The third-order valence-corrected chi connectivity index (χ3v) is 4.61. The molecule has 0 spiro atoms. The smallest absolute Gasteiger partial charge is 0.287 e. The first kappa shape index (κ1) is 23.0. The largest absolute Gasteiger partial charge is 0.459 e. The first-order valence-corrected chi connectivity index (χ1v) is 10.0. The molecule has 1 unspecified atom stereocenters. The Morgan fingerprint density at radius 1 is 1.22 bits per heavy atom. The van der Waals surface area contributed by atoms with Crippen molar-refractivity contribution in [1.29, 1.82) is 0 Å². The van der Waals surface area contributed by atoms with Crippen LogP contribution in [-0.2, 0) is 0 Å². The number of aliphatic imine (C=N–C) groups is 1. The van der Waals surface area contributed by atoms with Crippen molar-refractivity contribution in [2.24, 2.45) is 4.99 Å². The first-order chi connectivity index (χ1) is 13.0. The van der Waals surface area contributed by atoms with Crippen LogP contribution in [0.3, 0.4) is 0 Å². The van der Waals surface area contributed by atoms with Crippen LogP contribution < -0.4 is 16.0 Å². The van der Waals surface area contributed by atoms with Gasteiger partial charge >= 0.3 is 0 Å². The van der Waals surface area contributed by atoms with E-state index in [1.807, 2.05) is 6.92 Å².